The van der Waals surface area contributed by atoms with Gasteiger partial charge in [-0.3, -0.25) is 4.79 Å². The van der Waals surface area contributed by atoms with Crippen LogP contribution in [0.5, 0.6) is 0 Å². The molecule has 5 aromatic rings. The Bertz CT molecular complexity index is 1400. The van der Waals surface area contributed by atoms with Crippen LogP contribution in [0.3, 0.4) is 0 Å². The van der Waals surface area contributed by atoms with E-state index in [2.05, 4.69) is 71.8 Å². The normalized spacial score (nSPS) is 11.2. The van der Waals surface area contributed by atoms with Gasteiger partial charge in [0.2, 0.25) is 0 Å². The third-order valence-corrected chi connectivity index (χ3v) is 6.77. The molecule has 0 bridgehead atoms. The van der Waals surface area contributed by atoms with Crippen LogP contribution in [0.15, 0.2) is 95.9 Å². The van der Waals surface area contributed by atoms with E-state index in [1.165, 1.54) is 21.4 Å². The molecule has 1 amide bonds. The summed E-state index contributed by atoms with van der Waals surface area (Å²) >= 11 is 1.78. The van der Waals surface area contributed by atoms with E-state index in [0.717, 1.165) is 27.7 Å². The molecule has 0 aliphatic carbocycles. The number of para-hydroxylation sites is 1. The standard InChI is InChI=1S/C28H24N2OS/c1-19-10-12-21(13-11-19)26-27(24-8-4-5-9-25(24)30-26)32-17-16-29-28(31)23-15-14-20-6-2-3-7-22(20)18-23/h2-15,18,30H,16-17H2,1H3,(H,29,31). The Morgan fingerprint density at radius 1 is 0.875 bits per heavy atom. The maximum Gasteiger partial charge on any atom is 0.251 e. The number of rotatable bonds is 6. The molecule has 32 heavy (non-hydrogen) atoms. The quantitative estimate of drug-likeness (QED) is 0.227. The van der Waals surface area contributed by atoms with Gasteiger partial charge in [0.05, 0.1) is 5.69 Å². The van der Waals surface area contributed by atoms with Gasteiger partial charge in [0.25, 0.3) is 5.91 Å². The van der Waals surface area contributed by atoms with E-state index >= 15 is 0 Å². The second kappa shape index (κ2) is 8.93. The van der Waals surface area contributed by atoms with Crippen molar-refractivity contribution in [1.82, 2.24) is 10.3 Å². The molecule has 0 aliphatic heterocycles. The van der Waals surface area contributed by atoms with E-state index in [4.69, 9.17) is 0 Å². The van der Waals surface area contributed by atoms with Crippen molar-refractivity contribution in [3.63, 3.8) is 0 Å². The van der Waals surface area contributed by atoms with Gasteiger partial charge in [0, 0.05) is 33.7 Å². The molecule has 3 nitrogen and oxygen atoms in total. The van der Waals surface area contributed by atoms with Gasteiger partial charge in [-0.05, 0) is 41.5 Å². The average Bonchev–Trinajstić information content (AvgIpc) is 3.20. The molecule has 4 heteroatoms. The number of fused-ring (bicyclic) bond motifs is 2. The van der Waals surface area contributed by atoms with Gasteiger partial charge in [0.1, 0.15) is 0 Å². The first kappa shape index (κ1) is 20.4. The van der Waals surface area contributed by atoms with Crippen molar-refractivity contribution in [1.29, 1.82) is 0 Å². The van der Waals surface area contributed by atoms with Gasteiger partial charge < -0.3 is 10.3 Å². The summed E-state index contributed by atoms with van der Waals surface area (Å²) in [6.07, 6.45) is 0. The molecule has 0 radical (unpaired) electrons. The molecule has 4 aromatic carbocycles. The van der Waals surface area contributed by atoms with E-state index in [0.29, 0.717) is 12.1 Å². The first-order valence-electron chi connectivity index (χ1n) is 10.8. The highest BCUT2D eigenvalue weighted by molar-refractivity contribution is 7.99. The minimum absolute atomic E-state index is 0.0333. The van der Waals surface area contributed by atoms with Gasteiger partial charge in [0.15, 0.2) is 0 Å². The Balaban J connectivity index is 1.30. The maximum atomic E-state index is 12.7. The van der Waals surface area contributed by atoms with Crippen LogP contribution in [0.2, 0.25) is 0 Å². The average molecular weight is 437 g/mol. The third kappa shape index (κ3) is 4.14. The van der Waals surface area contributed by atoms with Crippen LogP contribution in [0.4, 0.5) is 0 Å². The first-order valence-corrected chi connectivity index (χ1v) is 11.8. The van der Waals surface area contributed by atoms with Crippen molar-refractivity contribution >= 4 is 39.3 Å². The second-order valence-electron chi connectivity index (χ2n) is 7.91. The van der Waals surface area contributed by atoms with Gasteiger partial charge in [-0.25, -0.2) is 0 Å². The number of hydrogen-bond acceptors (Lipinski definition) is 2. The van der Waals surface area contributed by atoms with Gasteiger partial charge in [-0.15, -0.1) is 11.8 Å². The maximum absolute atomic E-state index is 12.7. The minimum Gasteiger partial charge on any atom is -0.354 e. The largest absolute Gasteiger partial charge is 0.354 e. The predicted octanol–water partition coefficient (Wildman–Crippen LogP) is 6.82. The summed E-state index contributed by atoms with van der Waals surface area (Å²) in [5, 5.41) is 6.51. The highest BCUT2D eigenvalue weighted by Crippen LogP contribution is 2.37. The topological polar surface area (TPSA) is 44.9 Å². The Morgan fingerprint density at radius 3 is 2.47 bits per heavy atom. The van der Waals surface area contributed by atoms with Crippen molar-refractivity contribution in [3.05, 3.63) is 102 Å². The lowest BCUT2D eigenvalue weighted by Gasteiger charge is -2.08. The Labute approximate surface area is 191 Å². The summed E-state index contributed by atoms with van der Waals surface area (Å²) in [7, 11) is 0. The van der Waals surface area contributed by atoms with Crippen LogP contribution in [-0.4, -0.2) is 23.2 Å². The number of benzene rings is 4. The number of carbonyl (C=O) groups is 1. The lowest BCUT2D eigenvalue weighted by atomic mass is 10.1. The molecule has 1 heterocycles. The Kier molecular flexibility index (Phi) is 5.70. The van der Waals surface area contributed by atoms with Crippen molar-refractivity contribution in [3.8, 4) is 11.3 Å². The Hall–Kier alpha value is -3.50. The zero-order valence-electron chi connectivity index (χ0n) is 17.9. The van der Waals surface area contributed by atoms with Crippen molar-refractivity contribution in [2.24, 2.45) is 0 Å². The van der Waals surface area contributed by atoms with Crippen LogP contribution < -0.4 is 5.32 Å². The molecule has 1 aromatic heterocycles. The van der Waals surface area contributed by atoms with Crippen molar-refractivity contribution in [2.45, 2.75) is 11.8 Å². The summed E-state index contributed by atoms with van der Waals surface area (Å²) in [5.41, 5.74) is 5.38. The zero-order valence-corrected chi connectivity index (χ0v) is 18.7. The second-order valence-corrected chi connectivity index (χ2v) is 9.01. The number of H-pyrrole nitrogens is 1. The number of aromatic nitrogens is 1. The molecule has 0 saturated heterocycles. The fraction of sp³-hybridized carbons (Fsp3) is 0.107. The molecule has 0 saturated carbocycles. The van der Waals surface area contributed by atoms with Crippen molar-refractivity contribution in [2.75, 3.05) is 12.3 Å². The number of amides is 1. The van der Waals surface area contributed by atoms with Crippen LogP contribution in [-0.2, 0) is 0 Å². The highest BCUT2D eigenvalue weighted by atomic mass is 32.2. The van der Waals surface area contributed by atoms with E-state index in [1.807, 2.05) is 36.4 Å². The molecule has 0 spiro atoms. The SMILES string of the molecule is Cc1ccc(-c2[nH]c3ccccc3c2SCCNC(=O)c2ccc3ccccc3c2)cc1. The monoisotopic (exact) mass is 436 g/mol. The van der Waals surface area contributed by atoms with Crippen LogP contribution >= 0.6 is 11.8 Å². The summed E-state index contributed by atoms with van der Waals surface area (Å²) < 4.78 is 0. The van der Waals surface area contributed by atoms with Crippen LogP contribution in [0.1, 0.15) is 15.9 Å². The van der Waals surface area contributed by atoms with Gasteiger partial charge in [-0.1, -0.05) is 78.4 Å². The molecule has 0 atom stereocenters. The van der Waals surface area contributed by atoms with Crippen molar-refractivity contribution < 1.29 is 4.79 Å². The zero-order chi connectivity index (χ0) is 21.9. The molecule has 5 rings (SSSR count). The number of hydrogen-bond donors (Lipinski definition) is 2. The smallest absolute Gasteiger partial charge is 0.251 e. The van der Waals surface area contributed by atoms with E-state index < -0.39 is 0 Å². The lowest BCUT2D eigenvalue weighted by Crippen LogP contribution is -2.25. The minimum atomic E-state index is -0.0333. The lowest BCUT2D eigenvalue weighted by molar-refractivity contribution is 0.0956. The van der Waals surface area contributed by atoms with E-state index in [-0.39, 0.29) is 5.91 Å². The fourth-order valence-corrected chi connectivity index (χ4v) is 4.99. The molecule has 158 valence electrons. The molecule has 0 aliphatic rings. The summed E-state index contributed by atoms with van der Waals surface area (Å²) in [5.74, 6) is 0.758. The number of thioether (sulfide) groups is 1. The molecular formula is C28H24N2OS. The molecule has 0 fully saturated rings. The molecule has 2 N–H and O–H groups in total. The highest BCUT2D eigenvalue weighted by Gasteiger charge is 2.14. The van der Waals surface area contributed by atoms with Gasteiger partial charge in [-0.2, -0.15) is 0 Å². The predicted molar refractivity (Wildman–Crippen MR) is 135 cm³/mol. The summed E-state index contributed by atoms with van der Waals surface area (Å²) in [6, 6.07) is 30.9. The first-order chi connectivity index (χ1) is 15.7. The summed E-state index contributed by atoms with van der Waals surface area (Å²) in [4.78, 5) is 17.5. The molecular weight excluding hydrogens is 412 g/mol. The number of carbonyl (C=O) groups excluding carboxylic acids is 1. The van der Waals surface area contributed by atoms with Crippen LogP contribution in [0.25, 0.3) is 32.9 Å². The number of nitrogens with one attached hydrogen (secondary N) is 2. The Morgan fingerprint density at radius 2 is 1.62 bits per heavy atom. The molecule has 0 unspecified atom stereocenters. The van der Waals surface area contributed by atoms with Crippen LogP contribution in [0, 0.1) is 6.92 Å². The summed E-state index contributed by atoms with van der Waals surface area (Å²) in [6.45, 7) is 2.70. The van der Waals surface area contributed by atoms with E-state index in [9.17, 15) is 4.79 Å². The van der Waals surface area contributed by atoms with Gasteiger partial charge >= 0.3 is 0 Å². The number of aromatic amines is 1. The third-order valence-electron chi connectivity index (χ3n) is 5.64. The number of aryl methyl sites for hydroxylation is 1. The van der Waals surface area contributed by atoms with E-state index in [1.54, 1.807) is 11.8 Å². The fourth-order valence-electron chi connectivity index (χ4n) is 3.94.